The van der Waals surface area contributed by atoms with Crippen LogP contribution in [0.3, 0.4) is 0 Å². The number of thiophene rings is 1. The van der Waals surface area contributed by atoms with Gasteiger partial charge < -0.3 is 10.7 Å². The summed E-state index contributed by atoms with van der Waals surface area (Å²) in [5.74, 6) is 5.79. The Morgan fingerprint density at radius 2 is 2.26 bits per heavy atom. The molecule has 0 radical (unpaired) electrons. The monoisotopic (exact) mass is 343 g/mol. The van der Waals surface area contributed by atoms with Crippen molar-refractivity contribution < 1.29 is 4.92 Å². The number of hydrogen-bond acceptors (Lipinski definition) is 7. The molecule has 19 heavy (non-hydrogen) atoms. The molecule has 0 amide bonds. The van der Waals surface area contributed by atoms with E-state index in [-0.39, 0.29) is 11.5 Å². The standard InChI is InChI=1S/C10H10BrN5O2S/c11-6-3-4-19-8(6)5-13-10-7(16(17)18)1-2-9(14-10)15-12/h1-4H,5,12H2,(H2,13,14,15). The molecule has 2 heterocycles. The van der Waals surface area contributed by atoms with Gasteiger partial charge in [0.1, 0.15) is 5.82 Å². The number of aromatic nitrogens is 1. The maximum Gasteiger partial charge on any atom is 0.311 e. The van der Waals surface area contributed by atoms with Crippen LogP contribution in [0.5, 0.6) is 0 Å². The number of anilines is 2. The van der Waals surface area contributed by atoms with Crippen molar-refractivity contribution in [2.75, 3.05) is 10.7 Å². The summed E-state index contributed by atoms with van der Waals surface area (Å²) in [7, 11) is 0. The lowest BCUT2D eigenvalue weighted by molar-refractivity contribution is -0.384. The maximum atomic E-state index is 10.9. The molecule has 100 valence electrons. The van der Waals surface area contributed by atoms with Gasteiger partial charge in [-0.15, -0.1) is 11.3 Å². The molecule has 4 N–H and O–H groups in total. The van der Waals surface area contributed by atoms with Gasteiger partial charge in [-0.25, -0.2) is 10.8 Å². The van der Waals surface area contributed by atoms with Gasteiger partial charge in [-0.05, 0) is 33.4 Å². The molecule has 0 saturated carbocycles. The lowest BCUT2D eigenvalue weighted by Crippen LogP contribution is -2.11. The molecule has 0 unspecified atom stereocenters. The summed E-state index contributed by atoms with van der Waals surface area (Å²) in [5, 5.41) is 15.8. The summed E-state index contributed by atoms with van der Waals surface area (Å²) >= 11 is 4.94. The molecule has 0 atom stereocenters. The third-order valence-electron chi connectivity index (χ3n) is 2.33. The Morgan fingerprint density at radius 1 is 1.47 bits per heavy atom. The number of hydrogen-bond donors (Lipinski definition) is 3. The number of rotatable bonds is 5. The summed E-state index contributed by atoms with van der Waals surface area (Å²) in [4.78, 5) is 15.5. The van der Waals surface area contributed by atoms with Crippen LogP contribution in [0.2, 0.25) is 0 Å². The van der Waals surface area contributed by atoms with Gasteiger partial charge in [0.2, 0.25) is 5.82 Å². The van der Waals surface area contributed by atoms with Crippen molar-refractivity contribution in [3.63, 3.8) is 0 Å². The van der Waals surface area contributed by atoms with Crippen LogP contribution in [0.1, 0.15) is 4.88 Å². The molecule has 0 aliphatic rings. The van der Waals surface area contributed by atoms with Crippen molar-refractivity contribution in [3.05, 3.63) is 43.0 Å². The highest BCUT2D eigenvalue weighted by atomic mass is 79.9. The van der Waals surface area contributed by atoms with E-state index in [0.29, 0.717) is 12.4 Å². The molecule has 0 aliphatic heterocycles. The minimum atomic E-state index is -0.487. The number of nitrogens with one attached hydrogen (secondary N) is 2. The fourth-order valence-corrected chi connectivity index (χ4v) is 2.86. The van der Waals surface area contributed by atoms with Crippen molar-refractivity contribution in [1.82, 2.24) is 4.98 Å². The van der Waals surface area contributed by atoms with Crippen LogP contribution in [0.4, 0.5) is 17.3 Å². The Hall–Kier alpha value is -1.71. The Balaban J connectivity index is 2.22. The summed E-state index contributed by atoms with van der Waals surface area (Å²) in [6.07, 6.45) is 0. The average Bonchev–Trinajstić information content (AvgIpc) is 2.81. The highest BCUT2D eigenvalue weighted by Crippen LogP contribution is 2.27. The van der Waals surface area contributed by atoms with Crippen molar-refractivity contribution in [2.24, 2.45) is 5.84 Å². The van der Waals surface area contributed by atoms with Gasteiger partial charge in [0, 0.05) is 15.4 Å². The Labute approximate surface area is 121 Å². The van der Waals surface area contributed by atoms with E-state index in [0.717, 1.165) is 9.35 Å². The molecule has 0 spiro atoms. The molecule has 0 saturated heterocycles. The zero-order valence-electron chi connectivity index (χ0n) is 9.59. The van der Waals surface area contributed by atoms with Crippen LogP contribution in [0, 0.1) is 10.1 Å². The second-order valence-electron chi connectivity index (χ2n) is 3.51. The van der Waals surface area contributed by atoms with Gasteiger partial charge >= 0.3 is 5.69 Å². The molecule has 2 aromatic rings. The lowest BCUT2D eigenvalue weighted by atomic mass is 10.3. The molecule has 2 aromatic heterocycles. The Morgan fingerprint density at radius 3 is 2.84 bits per heavy atom. The topological polar surface area (TPSA) is 106 Å². The minimum absolute atomic E-state index is 0.0910. The fourth-order valence-electron chi connectivity index (χ4n) is 1.42. The van der Waals surface area contributed by atoms with E-state index in [1.807, 2.05) is 11.4 Å². The molecule has 0 fully saturated rings. The van der Waals surface area contributed by atoms with E-state index in [2.05, 4.69) is 31.7 Å². The largest absolute Gasteiger partial charge is 0.359 e. The van der Waals surface area contributed by atoms with Gasteiger partial charge in [-0.2, -0.15) is 0 Å². The average molecular weight is 344 g/mol. The van der Waals surface area contributed by atoms with Gasteiger partial charge in [-0.1, -0.05) is 0 Å². The number of hydrazine groups is 1. The van der Waals surface area contributed by atoms with E-state index in [1.54, 1.807) is 11.3 Å². The lowest BCUT2D eigenvalue weighted by Gasteiger charge is -2.07. The predicted molar refractivity (Wildman–Crippen MR) is 78.0 cm³/mol. The predicted octanol–water partition coefficient (Wildman–Crippen LogP) is 2.71. The molecular weight excluding hydrogens is 334 g/mol. The second-order valence-corrected chi connectivity index (χ2v) is 5.37. The highest BCUT2D eigenvalue weighted by Gasteiger charge is 2.16. The van der Waals surface area contributed by atoms with Crippen LogP contribution in [0.15, 0.2) is 28.1 Å². The number of pyridine rings is 1. The number of nitrogen functional groups attached to an aromatic ring is 1. The van der Waals surface area contributed by atoms with E-state index in [4.69, 9.17) is 5.84 Å². The zero-order valence-corrected chi connectivity index (χ0v) is 12.0. The van der Waals surface area contributed by atoms with E-state index >= 15 is 0 Å². The molecule has 0 bridgehead atoms. The van der Waals surface area contributed by atoms with E-state index in [9.17, 15) is 10.1 Å². The summed E-state index contributed by atoms with van der Waals surface area (Å²) in [6.45, 7) is 0.445. The first-order valence-corrected chi connectivity index (χ1v) is 6.87. The number of nitrogens with zero attached hydrogens (tertiary/aromatic N) is 2. The van der Waals surface area contributed by atoms with Crippen LogP contribution < -0.4 is 16.6 Å². The van der Waals surface area contributed by atoms with Crippen LogP contribution in [-0.2, 0) is 6.54 Å². The zero-order chi connectivity index (χ0) is 13.8. The summed E-state index contributed by atoms with van der Waals surface area (Å²) in [6, 6.07) is 4.72. The van der Waals surface area contributed by atoms with Gasteiger partial charge in [0.05, 0.1) is 11.5 Å². The van der Waals surface area contributed by atoms with E-state index < -0.39 is 4.92 Å². The van der Waals surface area contributed by atoms with Gasteiger partial charge in [0.15, 0.2) is 0 Å². The summed E-state index contributed by atoms with van der Waals surface area (Å²) < 4.78 is 0.959. The quantitative estimate of drug-likeness (QED) is 0.437. The first kappa shape index (κ1) is 13.7. The molecular formula is C10H10BrN5O2S. The highest BCUT2D eigenvalue weighted by molar-refractivity contribution is 9.10. The minimum Gasteiger partial charge on any atom is -0.359 e. The summed E-state index contributed by atoms with van der Waals surface area (Å²) in [5.41, 5.74) is 2.27. The third kappa shape index (κ3) is 3.19. The van der Waals surface area contributed by atoms with Crippen LogP contribution in [0.25, 0.3) is 0 Å². The molecule has 0 aliphatic carbocycles. The second kappa shape index (κ2) is 5.95. The SMILES string of the molecule is NNc1ccc([N+](=O)[O-])c(NCc2sccc2Br)n1. The normalized spacial score (nSPS) is 10.2. The van der Waals surface area contributed by atoms with Crippen LogP contribution in [-0.4, -0.2) is 9.91 Å². The van der Waals surface area contributed by atoms with Crippen molar-refractivity contribution in [2.45, 2.75) is 6.54 Å². The smallest absolute Gasteiger partial charge is 0.311 e. The number of nitro groups is 1. The third-order valence-corrected chi connectivity index (χ3v) is 4.25. The van der Waals surface area contributed by atoms with Crippen molar-refractivity contribution >= 4 is 44.6 Å². The van der Waals surface area contributed by atoms with Crippen molar-refractivity contribution in [1.29, 1.82) is 0 Å². The van der Waals surface area contributed by atoms with E-state index in [1.165, 1.54) is 12.1 Å². The maximum absolute atomic E-state index is 10.9. The molecule has 7 nitrogen and oxygen atoms in total. The van der Waals surface area contributed by atoms with Crippen LogP contribution >= 0.6 is 27.3 Å². The fraction of sp³-hybridized carbons (Fsp3) is 0.100. The Bertz CT molecular complexity index is 603. The number of nitrogens with two attached hydrogens (primary N) is 1. The van der Waals surface area contributed by atoms with Gasteiger partial charge in [0.25, 0.3) is 0 Å². The molecule has 9 heteroatoms. The first-order valence-electron chi connectivity index (χ1n) is 5.19. The number of halogens is 1. The molecule has 2 rings (SSSR count). The Kier molecular flexibility index (Phi) is 4.30. The first-order chi connectivity index (χ1) is 9.11. The molecule has 0 aromatic carbocycles. The van der Waals surface area contributed by atoms with Gasteiger partial charge in [-0.3, -0.25) is 10.1 Å². The van der Waals surface area contributed by atoms with Crippen molar-refractivity contribution in [3.8, 4) is 0 Å².